The van der Waals surface area contributed by atoms with E-state index < -0.39 is 10.2 Å². The molecule has 8 nitrogen and oxygen atoms in total. The van der Waals surface area contributed by atoms with E-state index in [1.807, 2.05) is 13.0 Å². The molecule has 1 unspecified atom stereocenters. The number of nitro benzene ring substituents is 1. The van der Waals surface area contributed by atoms with E-state index in [-0.39, 0.29) is 17.5 Å². The molecule has 3 aromatic rings. The highest BCUT2D eigenvalue weighted by atomic mass is 32.2. The van der Waals surface area contributed by atoms with Gasteiger partial charge in [0.25, 0.3) is 11.6 Å². The van der Waals surface area contributed by atoms with Crippen molar-refractivity contribution in [3.63, 3.8) is 0 Å². The van der Waals surface area contributed by atoms with Crippen molar-refractivity contribution in [1.82, 2.24) is 0 Å². The maximum absolute atomic E-state index is 12.9. The molecule has 2 amide bonds. The summed E-state index contributed by atoms with van der Waals surface area (Å²) < 4.78 is 5.11. The first-order chi connectivity index (χ1) is 16.3. The summed E-state index contributed by atoms with van der Waals surface area (Å²) in [6.45, 7) is 3.68. The summed E-state index contributed by atoms with van der Waals surface area (Å²) in [5.74, 6) is 0.165. The number of carbonyl (C=O) groups is 2. The molecule has 0 aromatic heterocycles. The number of amides is 2. The van der Waals surface area contributed by atoms with Crippen molar-refractivity contribution >= 4 is 40.6 Å². The van der Waals surface area contributed by atoms with Crippen molar-refractivity contribution < 1.29 is 19.2 Å². The third-order valence-corrected chi connectivity index (χ3v) is 6.43. The number of hydrogen-bond donors (Lipinski definition) is 2. The van der Waals surface area contributed by atoms with Crippen LogP contribution in [0.4, 0.5) is 17.1 Å². The number of nitrogens with one attached hydrogen (secondary N) is 2. The second kappa shape index (κ2) is 11.3. The van der Waals surface area contributed by atoms with Crippen molar-refractivity contribution in [3.05, 3.63) is 88.0 Å². The van der Waals surface area contributed by atoms with Crippen molar-refractivity contribution in [2.75, 3.05) is 17.7 Å². The van der Waals surface area contributed by atoms with Crippen LogP contribution in [0.15, 0.2) is 71.6 Å². The third-order valence-electron chi connectivity index (χ3n) is 5.08. The highest BCUT2D eigenvalue weighted by Crippen LogP contribution is 2.30. The van der Waals surface area contributed by atoms with Gasteiger partial charge in [0, 0.05) is 28.3 Å². The van der Waals surface area contributed by atoms with Crippen LogP contribution in [-0.2, 0) is 4.79 Å². The molecule has 0 saturated carbocycles. The monoisotopic (exact) mass is 479 g/mol. The molecule has 9 heteroatoms. The van der Waals surface area contributed by atoms with Crippen LogP contribution in [0.1, 0.15) is 29.3 Å². The number of anilines is 2. The molecule has 0 heterocycles. The molecule has 0 aliphatic heterocycles. The topological polar surface area (TPSA) is 111 Å². The fourth-order valence-electron chi connectivity index (χ4n) is 3.15. The van der Waals surface area contributed by atoms with Crippen molar-refractivity contribution in [2.24, 2.45) is 0 Å². The number of rotatable bonds is 9. The van der Waals surface area contributed by atoms with Crippen LogP contribution in [-0.4, -0.2) is 29.1 Å². The lowest BCUT2D eigenvalue weighted by atomic mass is 10.1. The van der Waals surface area contributed by atoms with Crippen LogP contribution < -0.4 is 15.4 Å². The Kier molecular flexibility index (Phi) is 8.26. The van der Waals surface area contributed by atoms with Crippen molar-refractivity contribution in [1.29, 1.82) is 0 Å². The summed E-state index contributed by atoms with van der Waals surface area (Å²) in [5.41, 5.74) is 2.18. The predicted octanol–water partition coefficient (Wildman–Crippen LogP) is 5.67. The molecule has 176 valence electrons. The van der Waals surface area contributed by atoms with E-state index in [1.165, 1.54) is 23.9 Å². The number of nitro groups is 1. The van der Waals surface area contributed by atoms with Crippen molar-refractivity contribution in [2.45, 2.75) is 30.4 Å². The molecule has 0 saturated heterocycles. The highest BCUT2D eigenvalue weighted by Gasteiger charge is 2.20. The minimum absolute atomic E-state index is 0.0816. The van der Waals surface area contributed by atoms with E-state index in [9.17, 15) is 19.7 Å². The van der Waals surface area contributed by atoms with E-state index in [1.54, 1.807) is 62.6 Å². The Morgan fingerprint density at radius 2 is 1.79 bits per heavy atom. The van der Waals surface area contributed by atoms with Gasteiger partial charge in [-0.1, -0.05) is 19.1 Å². The zero-order valence-electron chi connectivity index (χ0n) is 19.0. The number of thioether (sulfide) groups is 1. The molecule has 0 spiro atoms. The Bertz CT molecular complexity index is 1200. The fourth-order valence-corrected chi connectivity index (χ4v) is 4.16. The SMILES string of the molecule is CCC(Sc1cccc(NC(=O)c2ccc(OC)cc2)c1)C(=O)Nc1cc([N+](=O)[O-])ccc1C. The molecule has 3 rings (SSSR count). The van der Waals surface area contributed by atoms with Crippen molar-refractivity contribution in [3.8, 4) is 5.75 Å². The van der Waals surface area contributed by atoms with Gasteiger partial charge in [0.2, 0.25) is 5.91 Å². The smallest absolute Gasteiger partial charge is 0.271 e. The minimum atomic E-state index is -0.493. The van der Waals surface area contributed by atoms with Crippen LogP contribution in [0.3, 0.4) is 0 Å². The largest absolute Gasteiger partial charge is 0.497 e. The Hall–Kier alpha value is -3.85. The number of methoxy groups -OCH3 is 1. The van der Waals surface area contributed by atoms with Gasteiger partial charge in [-0.25, -0.2) is 0 Å². The lowest BCUT2D eigenvalue weighted by molar-refractivity contribution is -0.384. The molecule has 2 N–H and O–H groups in total. The van der Waals surface area contributed by atoms with Gasteiger partial charge in [0.1, 0.15) is 5.75 Å². The van der Waals surface area contributed by atoms with Gasteiger partial charge in [-0.2, -0.15) is 0 Å². The van der Waals surface area contributed by atoms with Gasteiger partial charge in [-0.15, -0.1) is 11.8 Å². The zero-order valence-corrected chi connectivity index (χ0v) is 19.8. The zero-order chi connectivity index (χ0) is 24.7. The van der Waals surface area contributed by atoms with Gasteiger partial charge < -0.3 is 15.4 Å². The molecule has 34 heavy (non-hydrogen) atoms. The standard InChI is InChI=1S/C25H25N3O5S/c1-4-23(25(30)27-22-15-19(28(31)32)11-8-16(22)2)34-21-7-5-6-18(14-21)26-24(29)17-9-12-20(33-3)13-10-17/h5-15,23H,4H2,1-3H3,(H,26,29)(H,27,30). The van der Waals surface area contributed by atoms with E-state index in [2.05, 4.69) is 10.6 Å². The van der Waals surface area contributed by atoms with Crippen LogP contribution in [0.2, 0.25) is 0 Å². The number of aryl methyl sites for hydroxylation is 1. The molecule has 0 fully saturated rings. The summed E-state index contributed by atoms with van der Waals surface area (Å²) >= 11 is 1.36. The van der Waals surface area contributed by atoms with Gasteiger partial charge in [-0.05, 0) is 61.4 Å². The number of ether oxygens (including phenoxy) is 1. The summed E-state index contributed by atoms with van der Waals surface area (Å²) in [7, 11) is 1.56. The molecule has 3 aromatic carbocycles. The second-order valence-corrected chi connectivity index (χ2v) is 8.75. The Balaban J connectivity index is 1.68. The lowest BCUT2D eigenvalue weighted by Gasteiger charge is -2.16. The molecule has 0 aliphatic rings. The number of hydrogen-bond acceptors (Lipinski definition) is 6. The molecule has 0 radical (unpaired) electrons. The highest BCUT2D eigenvalue weighted by molar-refractivity contribution is 8.00. The first-order valence-electron chi connectivity index (χ1n) is 10.6. The van der Waals surface area contributed by atoms with E-state index >= 15 is 0 Å². The minimum Gasteiger partial charge on any atom is -0.497 e. The van der Waals surface area contributed by atoms with Gasteiger partial charge in [0.05, 0.1) is 23.0 Å². The predicted molar refractivity (Wildman–Crippen MR) is 134 cm³/mol. The molecular formula is C25H25N3O5S. The summed E-state index contributed by atoms with van der Waals surface area (Å²) in [4.78, 5) is 36.8. The third kappa shape index (κ3) is 6.35. The molecular weight excluding hydrogens is 454 g/mol. The summed E-state index contributed by atoms with van der Waals surface area (Å²) in [6.07, 6.45) is 0.549. The fraction of sp³-hybridized carbons (Fsp3) is 0.200. The van der Waals surface area contributed by atoms with E-state index in [0.717, 1.165) is 10.5 Å². The first kappa shape index (κ1) is 24.8. The van der Waals surface area contributed by atoms with E-state index in [4.69, 9.17) is 4.74 Å². The maximum atomic E-state index is 12.9. The van der Waals surface area contributed by atoms with Crippen LogP contribution >= 0.6 is 11.8 Å². The van der Waals surface area contributed by atoms with Crippen LogP contribution in [0.5, 0.6) is 5.75 Å². The average molecular weight is 480 g/mol. The number of non-ortho nitro benzene ring substituents is 1. The number of benzene rings is 3. The summed E-state index contributed by atoms with van der Waals surface area (Å²) in [5, 5.41) is 16.3. The van der Waals surface area contributed by atoms with E-state index in [0.29, 0.717) is 29.1 Å². The van der Waals surface area contributed by atoms with Gasteiger partial charge >= 0.3 is 0 Å². The maximum Gasteiger partial charge on any atom is 0.271 e. The Labute approximate surface area is 201 Å². The normalized spacial score (nSPS) is 11.4. The summed E-state index contributed by atoms with van der Waals surface area (Å²) in [6, 6.07) is 18.4. The second-order valence-electron chi connectivity index (χ2n) is 7.47. The number of nitrogens with zero attached hydrogens (tertiary/aromatic N) is 1. The van der Waals surface area contributed by atoms with Crippen LogP contribution in [0, 0.1) is 17.0 Å². The molecule has 1 atom stereocenters. The molecule has 0 bridgehead atoms. The number of carbonyl (C=O) groups excluding carboxylic acids is 2. The Morgan fingerprint density at radius 1 is 1.06 bits per heavy atom. The Morgan fingerprint density at radius 3 is 2.44 bits per heavy atom. The quantitative estimate of drug-likeness (QED) is 0.232. The van der Waals surface area contributed by atoms with Gasteiger partial charge in [-0.3, -0.25) is 19.7 Å². The lowest BCUT2D eigenvalue weighted by Crippen LogP contribution is -2.25. The molecule has 0 aliphatic carbocycles. The first-order valence-corrected chi connectivity index (χ1v) is 11.5. The van der Waals surface area contributed by atoms with Gasteiger partial charge in [0.15, 0.2) is 0 Å². The van der Waals surface area contributed by atoms with Crippen LogP contribution in [0.25, 0.3) is 0 Å². The average Bonchev–Trinajstić information content (AvgIpc) is 2.83.